The van der Waals surface area contributed by atoms with E-state index in [0.29, 0.717) is 0 Å². The Morgan fingerprint density at radius 1 is 0.897 bits per heavy atom. The third-order valence-corrected chi connectivity index (χ3v) is 5.77. The quantitative estimate of drug-likeness (QED) is 0.639. The van der Waals surface area contributed by atoms with Gasteiger partial charge in [0.25, 0.3) is 0 Å². The fourth-order valence-electron chi connectivity index (χ4n) is 4.09. The van der Waals surface area contributed by atoms with Crippen LogP contribution >= 0.6 is 0 Å². The van der Waals surface area contributed by atoms with Crippen LogP contribution in [0.25, 0.3) is 0 Å². The van der Waals surface area contributed by atoms with Crippen molar-refractivity contribution in [3.8, 4) is 5.75 Å². The summed E-state index contributed by atoms with van der Waals surface area (Å²) in [6.07, 6.45) is 10.2. The molecule has 1 atom stereocenters. The highest BCUT2D eigenvalue weighted by Crippen LogP contribution is 2.24. The van der Waals surface area contributed by atoms with Crippen molar-refractivity contribution < 1.29 is 23.8 Å². The lowest BCUT2D eigenvalue weighted by Gasteiger charge is -2.26. The zero-order chi connectivity index (χ0) is 20.5. The molecule has 6 nitrogen and oxygen atoms in total. The molecule has 3 rings (SSSR count). The van der Waals surface area contributed by atoms with E-state index in [1.165, 1.54) is 12.8 Å². The fourth-order valence-corrected chi connectivity index (χ4v) is 4.09. The predicted octanol–water partition coefficient (Wildman–Crippen LogP) is 4.62. The number of anilines is 1. The Hall–Kier alpha value is -2.24. The molecule has 0 radical (unpaired) electrons. The minimum absolute atomic E-state index is 0.0211. The number of nitrogens with one attached hydrogen (secondary N) is 1. The number of hydrogen-bond acceptors (Lipinski definition) is 6. The lowest BCUT2D eigenvalue weighted by atomic mass is 9.97. The molecule has 0 heterocycles. The molecule has 1 aromatic carbocycles. The number of hydrogen-bond donors (Lipinski definition) is 1. The van der Waals surface area contributed by atoms with Gasteiger partial charge in [0.05, 0.1) is 13.5 Å². The third kappa shape index (κ3) is 6.94. The summed E-state index contributed by atoms with van der Waals surface area (Å²) in [6, 6.07) is 6.51. The van der Waals surface area contributed by atoms with Gasteiger partial charge in [0, 0.05) is 5.69 Å². The first-order valence-electron chi connectivity index (χ1n) is 10.9. The maximum atomic E-state index is 12.8. The number of carbonyl (C=O) groups excluding carboxylic acids is 2. The minimum atomic E-state index is -0.763. The largest absolute Gasteiger partial charge is 0.497 e. The molecular weight excluding hydrogens is 370 g/mol. The van der Waals surface area contributed by atoms with Crippen molar-refractivity contribution >= 4 is 17.6 Å². The monoisotopic (exact) mass is 403 g/mol. The normalized spacial score (nSPS) is 19.2. The van der Waals surface area contributed by atoms with E-state index in [-0.39, 0.29) is 30.6 Å². The first-order valence-corrected chi connectivity index (χ1v) is 10.9. The van der Waals surface area contributed by atoms with Gasteiger partial charge in [-0.05, 0) is 75.6 Å². The summed E-state index contributed by atoms with van der Waals surface area (Å²) in [7, 11) is 1.61. The van der Waals surface area contributed by atoms with Gasteiger partial charge in [-0.3, -0.25) is 4.79 Å². The highest BCUT2D eigenvalue weighted by molar-refractivity contribution is 5.85. The zero-order valence-electron chi connectivity index (χ0n) is 17.4. The molecule has 0 saturated heterocycles. The molecule has 2 saturated carbocycles. The van der Waals surface area contributed by atoms with Crippen LogP contribution < -0.4 is 10.1 Å². The lowest BCUT2D eigenvalue weighted by molar-refractivity contribution is -0.158. The van der Waals surface area contributed by atoms with Crippen molar-refractivity contribution in [3.63, 3.8) is 0 Å². The molecule has 160 valence electrons. The summed E-state index contributed by atoms with van der Waals surface area (Å²) >= 11 is 0. The van der Waals surface area contributed by atoms with E-state index in [0.717, 1.165) is 62.8 Å². The Kier molecular flexibility index (Phi) is 8.20. The number of methoxy groups -OCH3 is 1. The Morgan fingerprint density at radius 3 is 2.00 bits per heavy atom. The van der Waals surface area contributed by atoms with Crippen LogP contribution in [-0.2, 0) is 19.1 Å². The van der Waals surface area contributed by atoms with Crippen LogP contribution in [0.4, 0.5) is 5.69 Å². The van der Waals surface area contributed by atoms with Gasteiger partial charge >= 0.3 is 11.9 Å². The van der Waals surface area contributed by atoms with Gasteiger partial charge in [-0.25, -0.2) is 4.79 Å². The Morgan fingerprint density at radius 2 is 1.45 bits per heavy atom. The molecule has 0 aromatic heterocycles. The summed E-state index contributed by atoms with van der Waals surface area (Å²) in [5.74, 6) is 0.00501. The van der Waals surface area contributed by atoms with E-state index in [2.05, 4.69) is 5.32 Å². The van der Waals surface area contributed by atoms with Crippen LogP contribution in [0, 0.1) is 0 Å². The van der Waals surface area contributed by atoms with Gasteiger partial charge in [-0.15, -0.1) is 0 Å². The summed E-state index contributed by atoms with van der Waals surface area (Å²) < 4.78 is 16.5. The molecule has 0 bridgehead atoms. The van der Waals surface area contributed by atoms with E-state index in [4.69, 9.17) is 14.2 Å². The second-order valence-corrected chi connectivity index (χ2v) is 8.08. The number of benzene rings is 1. The topological polar surface area (TPSA) is 73.9 Å². The fraction of sp³-hybridized carbons (Fsp3) is 0.652. The molecular formula is C23H33NO5. The van der Waals surface area contributed by atoms with Crippen molar-refractivity contribution in [1.82, 2.24) is 0 Å². The van der Waals surface area contributed by atoms with E-state index >= 15 is 0 Å². The molecule has 1 aromatic rings. The van der Waals surface area contributed by atoms with Crippen LogP contribution in [0.2, 0.25) is 0 Å². The molecule has 0 unspecified atom stereocenters. The Balaban J connectivity index is 1.61. The summed E-state index contributed by atoms with van der Waals surface area (Å²) in [4.78, 5) is 25.4. The Bertz CT molecular complexity index is 648. The smallest absolute Gasteiger partial charge is 0.329 e. The zero-order valence-corrected chi connectivity index (χ0v) is 17.4. The average molecular weight is 404 g/mol. The molecule has 0 amide bonds. The molecule has 1 N–H and O–H groups in total. The minimum Gasteiger partial charge on any atom is -0.497 e. The second-order valence-electron chi connectivity index (χ2n) is 8.08. The highest BCUT2D eigenvalue weighted by Gasteiger charge is 2.29. The highest BCUT2D eigenvalue weighted by atomic mass is 16.6. The molecule has 0 aliphatic heterocycles. The lowest BCUT2D eigenvalue weighted by Crippen LogP contribution is -2.37. The number of esters is 2. The van der Waals surface area contributed by atoms with Crippen LogP contribution in [0.5, 0.6) is 5.75 Å². The molecule has 6 heteroatoms. The van der Waals surface area contributed by atoms with Crippen molar-refractivity contribution in [2.24, 2.45) is 0 Å². The first kappa shape index (κ1) is 21.5. The van der Waals surface area contributed by atoms with Crippen LogP contribution in [0.15, 0.2) is 24.3 Å². The summed E-state index contributed by atoms with van der Waals surface area (Å²) in [5, 5.41) is 3.16. The first-order chi connectivity index (χ1) is 14.1. The van der Waals surface area contributed by atoms with Crippen molar-refractivity contribution in [1.29, 1.82) is 0 Å². The van der Waals surface area contributed by atoms with Gasteiger partial charge in [-0.1, -0.05) is 12.8 Å². The molecule has 2 aliphatic carbocycles. The molecule has 29 heavy (non-hydrogen) atoms. The average Bonchev–Trinajstić information content (AvgIpc) is 2.75. The van der Waals surface area contributed by atoms with E-state index in [1.54, 1.807) is 7.11 Å². The van der Waals surface area contributed by atoms with Gasteiger partial charge in [0.2, 0.25) is 0 Å². The SMILES string of the molecule is COc1ccc(N[C@@H](CC(=O)OC2CCCCC2)C(=O)OC2CCCCC2)cc1. The molecule has 0 spiro atoms. The third-order valence-electron chi connectivity index (χ3n) is 5.77. The molecule has 2 aliphatic rings. The van der Waals surface area contributed by atoms with Gasteiger partial charge < -0.3 is 19.5 Å². The van der Waals surface area contributed by atoms with Crippen LogP contribution in [-0.4, -0.2) is 37.3 Å². The van der Waals surface area contributed by atoms with E-state index in [9.17, 15) is 9.59 Å². The van der Waals surface area contributed by atoms with Gasteiger partial charge in [-0.2, -0.15) is 0 Å². The Labute approximate surface area is 173 Å². The standard InChI is InChI=1S/C23H33NO5/c1-27-18-14-12-17(13-15-18)24-21(23(26)29-20-10-6-3-7-11-20)16-22(25)28-19-8-4-2-5-9-19/h12-15,19-21,24H,2-11,16H2,1H3/t21-/m0/s1. The van der Waals surface area contributed by atoms with Crippen LogP contribution in [0.1, 0.15) is 70.6 Å². The van der Waals surface area contributed by atoms with Crippen molar-refractivity contribution in [2.75, 3.05) is 12.4 Å². The number of rotatable bonds is 8. The van der Waals surface area contributed by atoms with E-state index in [1.807, 2.05) is 24.3 Å². The van der Waals surface area contributed by atoms with Crippen LogP contribution in [0.3, 0.4) is 0 Å². The summed E-state index contributed by atoms with van der Waals surface area (Å²) in [5.41, 5.74) is 0.738. The molecule has 2 fully saturated rings. The van der Waals surface area contributed by atoms with Gasteiger partial charge in [0.15, 0.2) is 0 Å². The predicted molar refractivity (Wildman–Crippen MR) is 111 cm³/mol. The maximum Gasteiger partial charge on any atom is 0.329 e. The maximum absolute atomic E-state index is 12.8. The number of ether oxygens (including phenoxy) is 3. The van der Waals surface area contributed by atoms with Crippen molar-refractivity contribution in [2.45, 2.75) is 88.9 Å². The van der Waals surface area contributed by atoms with Crippen molar-refractivity contribution in [3.05, 3.63) is 24.3 Å². The summed E-state index contributed by atoms with van der Waals surface area (Å²) in [6.45, 7) is 0. The number of carbonyl (C=O) groups is 2. The van der Waals surface area contributed by atoms with Gasteiger partial charge in [0.1, 0.15) is 24.0 Å². The van der Waals surface area contributed by atoms with E-state index < -0.39 is 6.04 Å². The second kappa shape index (κ2) is 11.1.